The fourth-order valence-corrected chi connectivity index (χ4v) is 4.12. The molecular formula is C18H24N2O3. The maximum absolute atomic E-state index is 11.6. The normalized spacial score (nSPS) is 23.8. The molecule has 2 fully saturated rings. The van der Waals surface area contributed by atoms with Crippen LogP contribution in [0.4, 0.5) is 0 Å². The van der Waals surface area contributed by atoms with Gasteiger partial charge in [-0.1, -0.05) is 18.9 Å². The van der Waals surface area contributed by atoms with E-state index in [1.807, 2.05) is 12.1 Å². The van der Waals surface area contributed by atoms with Crippen LogP contribution in [0.15, 0.2) is 27.4 Å². The molecule has 1 unspecified atom stereocenters. The minimum absolute atomic E-state index is 0.145. The molecule has 1 aliphatic heterocycles. The lowest BCUT2D eigenvalue weighted by molar-refractivity contribution is -0.0837. The van der Waals surface area contributed by atoms with Gasteiger partial charge in [0.15, 0.2) is 5.58 Å². The predicted octanol–water partition coefficient (Wildman–Crippen LogP) is 2.71. The van der Waals surface area contributed by atoms with Crippen molar-refractivity contribution in [3.63, 3.8) is 0 Å². The highest BCUT2D eigenvalue weighted by Crippen LogP contribution is 2.40. The second-order valence-electron chi connectivity index (χ2n) is 7.04. The maximum Gasteiger partial charge on any atom is 0.419 e. The van der Waals surface area contributed by atoms with E-state index < -0.39 is 0 Å². The third-order valence-electron chi connectivity index (χ3n) is 5.46. The Hall–Kier alpha value is -1.59. The highest BCUT2D eigenvalue weighted by molar-refractivity contribution is 5.73. The first-order valence-corrected chi connectivity index (χ1v) is 8.61. The minimum Gasteiger partial charge on any atom is -0.408 e. The molecular weight excluding hydrogens is 292 g/mol. The molecule has 1 aromatic carbocycles. The van der Waals surface area contributed by atoms with Crippen molar-refractivity contribution in [1.82, 2.24) is 9.88 Å². The Morgan fingerprint density at radius 2 is 2.17 bits per heavy atom. The standard InChI is InChI=1S/C18H24N2O3/c1-20-15-5-4-13(10-16(15)23-17(20)21)12-19-14-6-9-22-18(11-14)7-2-3-8-18/h4-5,10,14,19H,2-3,6-9,11-12H2,1H3. The molecule has 1 saturated carbocycles. The first-order valence-electron chi connectivity index (χ1n) is 8.61. The van der Waals surface area contributed by atoms with Gasteiger partial charge in [0.1, 0.15) is 0 Å². The monoisotopic (exact) mass is 316 g/mol. The van der Waals surface area contributed by atoms with E-state index in [1.54, 1.807) is 7.05 Å². The van der Waals surface area contributed by atoms with E-state index >= 15 is 0 Å². The van der Waals surface area contributed by atoms with Crippen molar-refractivity contribution >= 4 is 11.1 Å². The average molecular weight is 316 g/mol. The molecule has 5 nitrogen and oxygen atoms in total. The summed E-state index contributed by atoms with van der Waals surface area (Å²) >= 11 is 0. The van der Waals surface area contributed by atoms with Crippen LogP contribution in [0.25, 0.3) is 11.1 Å². The van der Waals surface area contributed by atoms with E-state index in [2.05, 4.69) is 11.4 Å². The molecule has 1 aromatic heterocycles. The smallest absolute Gasteiger partial charge is 0.408 e. The molecule has 2 heterocycles. The van der Waals surface area contributed by atoms with Gasteiger partial charge in [0.2, 0.25) is 0 Å². The van der Waals surface area contributed by atoms with Crippen LogP contribution in [0.1, 0.15) is 44.1 Å². The fraction of sp³-hybridized carbons (Fsp3) is 0.611. The van der Waals surface area contributed by atoms with Crippen LogP contribution in [0, 0.1) is 0 Å². The molecule has 124 valence electrons. The van der Waals surface area contributed by atoms with Gasteiger partial charge in [-0.05, 0) is 43.4 Å². The Balaban J connectivity index is 1.43. The van der Waals surface area contributed by atoms with E-state index in [9.17, 15) is 4.79 Å². The van der Waals surface area contributed by atoms with Crippen molar-refractivity contribution in [1.29, 1.82) is 0 Å². The Morgan fingerprint density at radius 3 is 3.00 bits per heavy atom. The number of rotatable bonds is 3. The summed E-state index contributed by atoms with van der Waals surface area (Å²) in [5.41, 5.74) is 2.80. The average Bonchev–Trinajstić information content (AvgIpc) is 3.11. The number of nitrogens with one attached hydrogen (secondary N) is 1. The number of hydrogen-bond donors (Lipinski definition) is 1. The molecule has 1 spiro atoms. The van der Waals surface area contributed by atoms with Gasteiger partial charge in [0, 0.05) is 26.2 Å². The highest BCUT2D eigenvalue weighted by atomic mass is 16.5. The van der Waals surface area contributed by atoms with Crippen molar-refractivity contribution in [2.75, 3.05) is 6.61 Å². The van der Waals surface area contributed by atoms with Crippen LogP contribution in [0.2, 0.25) is 0 Å². The number of ether oxygens (including phenoxy) is 1. The van der Waals surface area contributed by atoms with Gasteiger partial charge in [0.05, 0.1) is 11.1 Å². The zero-order chi connectivity index (χ0) is 15.9. The van der Waals surface area contributed by atoms with Crippen molar-refractivity contribution in [2.45, 2.75) is 56.7 Å². The quantitative estimate of drug-likeness (QED) is 0.946. The van der Waals surface area contributed by atoms with E-state index in [4.69, 9.17) is 9.15 Å². The number of oxazole rings is 1. The van der Waals surface area contributed by atoms with Gasteiger partial charge in [-0.15, -0.1) is 0 Å². The van der Waals surface area contributed by atoms with E-state index in [0.29, 0.717) is 11.6 Å². The highest BCUT2D eigenvalue weighted by Gasteiger charge is 2.39. The fourth-order valence-electron chi connectivity index (χ4n) is 4.12. The van der Waals surface area contributed by atoms with Gasteiger partial charge in [-0.25, -0.2) is 4.79 Å². The summed E-state index contributed by atoms with van der Waals surface area (Å²) in [5, 5.41) is 3.67. The topological polar surface area (TPSA) is 56.4 Å². The molecule has 1 aliphatic carbocycles. The number of aryl methyl sites for hydroxylation is 1. The second-order valence-corrected chi connectivity index (χ2v) is 7.04. The van der Waals surface area contributed by atoms with Gasteiger partial charge < -0.3 is 14.5 Å². The zero-order valence-electron chi connectivity index (χ0n) is 13.6. The van der Waals surface area contributed by atoms with Crippen LogP contribution in [-0.4, -0.2) is 22.8 Å². The molecule has 4 rings (SSSR count). The maximum atomic E-state index is 11.6. The van der Waals surface area contributed by atoms with Crippen molar-refractivity contribution in [3.05, 3.63) is 34.3 Å². The first kappa shape index (κ1) is 15.0. The number of aromatic nitrogens is 1. The Kier molecular flexibility index (Phi) is 3.77. The third kappa shape index (κ3) is 2.83. The van der Waals surface area contributed by atoms with Crippen molar-refractivity contribution < 1.29 is 9.15 Å². The molecule has 23 heavy (non-hydrogen) atoms. The molecule has 1 saturated heterocycles. The number of benzene rings is 1. The minimum atomic E-state index is -0.308. The molecule has 0 bridgehead atoms. The molecule has 0 radical (unpaired) electrons. The summed E-state index contributed by atoms with van der Waals surface area (Å²) in [6.07, 6.45) is 7.23. The Bertz CT molecular complexity index is 755. The summed E-state index contributed by atoms with van der Waals surface area (Å²) in [6.45, 7) is 1.67. The predicted molar refractivity (Wildman–Crippen MR) is 88.5 cm³/mol. The Labute approximate surface area is 135 Å². The molecule has 5 heteroatoms. The molecule has 0 amide bonds. The first-order chi connectivity index (χ1) is 11.2. The van der Waals surface area contributed by atoms with E-state index in [1.165, 1.54) is 30.3 Å². The molecule has 2 aliphatic rings. The van der Waals surface area contributed by atoms with Gasteiger partial charge in [-0.2, -0.15) is 0 Å². The SMILES string of the molecule is Cn1c(=O)oc2cc(CNC3CCOC4(CCCC4)C3)ccc21. The van der Waals surface area contributed by atoms with Gasteiger partial charge >= 0.3 is 5.76 Å². The number of fused-ring (bicyclic) bond motifs is 1. The molecule has 1 N–H and O–H groups in total. The van der Waals surface area contributed by atoms with Crippen LogP contribution in [-0.2, 0) is 18.3 Å². The lowest BCUT2D eigenvalue weighted by Gasteiger charge is -2.38. The summed E-state index contributed by atoms with van der Waals surface area (Å²) in [4.78, 5) is 11.6. The lowest BCUT2D eigenvalue weighted by atomic mass is 9.89. The zero-order valence-corrected chi connectivity index (χ0v) is 13.6. The summed E-state index contributed by atoms with van der Waals surface area (Å²) in [7, 11) is 1.73. The lowest BCUT2D eigenvalue weighted by Crippen LogP contribution is -2.45. The van der Waals surface area contributed by atoms with Crippen molar-refractivity contribution in [2.24, 2.45) is 7.05 Å². The van der Waals surface area contributed by atoms with Crippen molar-refractivity contribution in [3.8, 4) is 0 Å². The van der Waals surface area contributed by atoms with E-state index in [-0.39, 0.29) is 11.4 Å². The Morgan fingerprint density at radius 1 is 1.35 bits per heavy atom. The molecule has 1 atom stereocenters. The second kappa shape index (κ2) is 5.80. The summed E-state index contributed by atoms with van der Waals surface area (Å²) in [6, 6.07) is 6.50. The van der Waals surface area contributed by atoms with Crippen LogP contribution < -0.4 is 11.1 Å². The largest absolute Gasteiger partial charge is 0.419 e. The number of nitrogens with zero attached hydrogens (tertiary/aromatic N) is 1. The number of hydrogen-bond acceptors (Lipinski definition) is 4. The third-order valence-corrected chi connectivity index (χ3v) is 5.46. The van der Waals surface area contributed by atoms with Gasteiger partial charge in [0.25, 0.3) is 0 Å². The summed E-state index contributed by atoms with van der Waals surface area (Å²) < 4.78 is 12.9. The van der Waals surface area contributed by atoms with Crippen LogP contribution in [0.3, 0.4) is 0 Å². The molecule has 2 aromatic rings. The van der Waals surface area contributed by atoms with Crippen LogP contribution >= 0.6 is 0 Å². The van der Waals surface area contributed by atoms with E-state index in [0.717, 1.165) is 37.1 Å². The van der Waals surface area contributed by atoms with Crippen LogP contribution in [0.5, 0.6) is 0 Å². The van der Waals surface area contributed by atoms with Gasteiger partial charge in [-0.3, -0.25) is 4.57 Å². The summed E-state index contributed by atoms with van der Waals surface area (Å²) in [5.74, 6) is -0.308.